The minimum Gasteiger partial charge on any atom is -0.384 e. The number of benzene rings is 2. The van der Waals surface area contributed by atoms with Gasteiger partial charge < -0.3 is 15.0 Å². The van der Waals surface area contributed by atoms with Crippen LogP contribution in [0, 0.1) is 0 Å². The van der Waals surface area contributed by atoms with Gasteiger partial charge in [0.05, 0.1) is 22.9 Å². The Labute approximate surface area is 169 Å². The molecule has 150 valence electrons. The van der Waals surface area contributed by atoms with Crippen LogP contribution in [0.15, 0.2) is 58.3 Å². The molecule has 0 unspecified atom stereocenters. The van der Waals surface area contributed by atoms with Gasteiger partial charge in [0.2, 0.25) is 0 Å². The normalized spacial score (nSPS) is 11.1. The average Bonchev–Trinajstić information content (AvgIpc) is 2.67. The van der Waals surface area contributed by atoms with E-state index in [4.69, 9.17) is 4.74 Å². The summed E-state index contributed by atoms with van der Waals surface area (Å²) < 4.78 is 29.1. The second-order valence-electron chi connectivity index (χ2n) is 6.05. The number of anilines is 1. The van der Waals surface area contributed by atoms with Crippen molar-refractivity contribution < 1.29 is 22.7 Å². The van der Waals surface area contributed by atoms with Crippen LogP contribution in [-0.2, 0) is 14.6 Å². The lowest BCUT2D eigenvalue weighted by Crippen LogP contribution is -2.17. The van der Waals surface area contributed by atoms with E-state index in [2.05, 4.69) is 5.32 Å². The predicted molar refractivity (Wildman–Crippen MR) is 110 cm³/mol. The largest absolute Gasteiger partial charge is 0.384 e. The number of rotatable bonds is 7. The summed E-state index contributed by atoms with van der Waals surface area (Å²) in [5, 5.41) is 2.60. The molecule has 0 saturated carbocycles. The molecule has 0 spiro atoms. The number of carbonyl (C=O) groups is 2. The first-order valence-corrected chi connectivity index (χ1v) is 10.8. The topological polar surface area (TPSA) is 92.8 Å². The lowest BCUT2D eigenvalue weighted by Gasteiger charge is -2.13. The molecule has 0 fully saturated rings. The van der Waals surface area contributed by atoms with Crippen LogP contribution in [-0.4, -0.2) is 58.0 Å². The van der Waals surface area contributed by atoms with Crippen molar-refractivity contribution in [3.63, 3.8) is 0 Å². The fourth-order valence-corrected chi connectivity index (χ4v) is 4.08. The molecule has 2 rings (SSSR count). The molecular weight excluding hydrogens is 400 g/mol. The quantitative estimate of drug-likeness (QED) is 0.689. The highest BCUT2D eigenvalue weighted by Gasteiger charge is 2.16. The molecule has 0 radical (unpaired) electrons. The molecule has 0 heterocycles. The molecule has 0 aromatic heterocycles. The Morgan fingerprint density at radius 1 is 1.07 bits per heavy atom. The van der Waals surface area contributed by atoms with Crippen molar-refractivity contribution in [1.82, 2.24) is 4.90 Å². The van der Waals surface area contributed by atoms with Crippen LogP contribution in [0.4, 0.5) is 10.5 Å². The van der Waals surface area contributed by atoms with Crippen molar-refractivity contribution in [3.8, 4) is 0 Å². The van der Waals surface area contributed by atoms with Gasteiger partial charge in [-0.15, -0.1) is 0 Å². The summed E-state index contributed by atoms with van der Waals surface area (Å²) in [5.41, 5.74) is 0.814. The van der Waals surface area contributed by atoms with E-state index in [-0.39, 0.29) is 22.5 Å². The monoisotopic (exact) mass is 422 g/mol. The molecule has 1 N–H and O–H groups in total. The van der Waals surface area contributed by atoms with Gasteiger partial charge in [0, 0.05) is 31.7 Å². The summed E-state index contributed by atoms with van der Waals surface area (Å²) in [6, 6.07) is 12.7. The SMILES string of the molecule is COCCS(=O)(=O)c1ccc(C(=O)Nc2ccccc2SC(=O)N(C)C)cc1. The molecule has 9 heteroatoms. The van der Waals surface area contributed by atoms with Crippen LogP contribution in [0.1, 0.15) is 10.4 Å². The number of methoxy groups -OCH3 is 1. The Bertz CT molecular complexity index is 941. The van der Waals surface area contributed by atoms with E-state index in [1.165, 1.54) is 36.3 Å². The summed E-state index contributed by atoms with van der Waals surface area (Å²) in [7, 11) is 1.28. The summed E-state index contributed by atoms with van der Waals surface area (Å²) in [6.45, 7) is 0.102. The smallest absolute Gasteiger partial charge is 0.286 e. The lowest BCUT2D eigenvalue weighted by atomic mass is 10.2. The predicted octanol–water partition coefficient (Wildman–Crippen LogP) is 3.13. The van der Waals surface area contributed by atoms with Gasteiger partial charge in [-0.05, 0) is 48.2 Å². The van der Waals surface area contributed by atoms with Gasteiger partial charge in [0.15, 0.2) is 9.84 Å². The van der Waals surface area contributed by atoms with E-state index >= 15 is 0 Å². The molecule has 0 bridgehead atoms. The first kappa shape index (κ1) is 21.9. The second kappa shape index (κ2) is 9.72. The third-order valence-electron chi connectivity index (χ3n) is 3.73. The fraction of sp³-hybridized carbons (Fsp3) is 0.263. The summed E-state index contributed by atoms with van der Waals surface area (Å²) in [4.78, 5) is 26.7. The zero-order valence-corrected chi connectivity index (χ0v) is 17.5. The standard InChI is InChI=1S/C19H22N2O5S2/c1-21(2)19(23)27-17-7-5-4-6-16(17)20-18(22)14-8-10-15(11-9-14)28(24,25)13-12-26-3/h4-11H,12-13H2,1-3H3,(H,20,22). The van der Waals surface area contributed by atoms with Gasteiger partial charge >= 0.3 is 0 Å². The molecule has 0 saturated heterocycles. The van der Waals surface area contributed by atoms with Gasteiger partial charge in [0.1, 0.15) is 0 Å². The number of hydrogen-bond donors (Lipinski definition) is 1. The first-order chi connectivity index (χ1) is 13.2. The molecule has 2 amide bonds. The Kier molecular flexibility index (Phi) is 7.61. The Morgan fingerprint density at radius 2 is 1.71 bits per heavy atom. The van der Waals surface area contributed by atoms with Gasteiger partial charge in [-0.3, -0.25) is 9.59 Å². The number of carbonyl (C=O) groups excluding carboxylic acids is 2. The van der Waals surface area contributed by atoms with E-state index in [0.29, 0.717) is 16.1 Å². The Morgan fingerprint density at radius 3 is 2.32 bits per heavy atom. The minimum atomic E-state index is -3.45. The maximum atomic E-state index is 12.5. The van der Waals surface area contributed by atoms with Gasteiger partial charge in [-0.1, -0.05) is 12.1 Å². The number of para-hydroxylation sites is 1. The highest BCUT2D eigenvalue weighted by molar-refractivity contribution is 8.13. The molecule has 0 aliphatic rings. The van der Waals surface area contributed by atoms with Crippen molar-refractivity contribution in [2.24, 2.45) is 0 Å². The Balaban J connectivity index is 2.15. The molecular formula is C19H22N2O5S2. The summed E-state index contributed by atoms with van der Waals surface area (Å²) in [6.07, 6.45) is 0. The fourth-order valence-electron chi connectivity index (χ4n) is 2.16. The van der Waals surface area contributed by atoms with Gasteiger partial charge in [-0.25, -0.2) is 8.42 Å². The number of ether oxygens (including phenoxy) is 1. The molecule has 7 nitrogen and oxygen atoms in total. The number of nitrogens with one attached hydrogen (secondary N) is 1. The zero-order valence-electron chi connectivity index (χ0n) is 15.8. The highest BCUT2D eigenvalue weighted by Crippen LogP contribution is 2.29. The summed E-state index contributed by atoms with van der Waals surface area (Å²) >= 11 is 1.01. The number of hydrogen-bond acceptors (Lipinski definition) is 6. The molecule has 28 heavy (non-hydrogen) atoms. The molecule has 0 aliphatic carbocycles. The van der Waals surface area contributed by atoms with Crippen molar-refractivity contribution in [2.45, 2.75) is 9.79 Å². The van der Waals surface area contributed by atoms with E-state index in [0.717, 1.165) is 11.8 Å². The number of sulfone groups is 1. The van der Waals surface area contributed by atoms with Crippen LogP contribution in [0.3, 0.4) is 0 Å². The minimum absolute atomic E-state index is 0.102. The number of amides is 2. The molecule has 0 aliphatic heterocycles. The van der Waals surface area contributed by atoms with Crippen LogP contribution in [0.5, 0.6) is 0 Å². The van der Waals surface area contributed by atoms with Gasteiger partial charge in [0.25, 0.3) is 11.1 Å². The number of nitrogens with zero attached hydrogens (tertiary/aromatic N) is 1. The van der Waals surface area contributed by atoms with Gasteiger partial charge in [-0.2, -0.15) is 0 Å². The van der Waals surface area contributed by atoms with E-state index in [9.17, 15) is 18.0 Å². The van der Waals surface area contributed by atoms with E-state index in [1.54, 1.807) is 38.4 Å². The maximum absolute atomic E-state index is 12.5. The van der Waals surface area contributed by atoms with E-state index < -0.39 is 15.7 Å². The van der Waals surface area contributed by atoms with Crippen molar-refractivity contribution in [3.05, 3.63) is 54.1 Å². The number of thioether (sulfide) groups is 1. The first-order valence-electron chi connectivity index (χ1n) is 8.36. The van der Waals surface area contributed by atoms with Crippen LogP contribution in [0.25, 0.3) is 0 Å². The summed E-state index contributed by atoms with van der Waals surface area (Å²) in [5.74, 6) is -0.522. The average molecular weight is 423 g/mol. The lowest BCUT2D eigenvalue weighted by molar-refractivity contribution is 0.102. The zero-order chi connectivity index (χ0) is 20.7. The van der Waals surface area contributed by atoms with Crippen molar-refractivity contribution in [2.75, 3.05) is 38.9 Å². The second-order valence-corrected chi connectivity index (χ2v) is 9.15. The molecule has 0 atom stereocenters. The van der Waals surface area contributed by atoms with Crippen LogP contribution in [0.2, 0.25) is 0 Å². The van der Waals surface area contributed by atoms with Crippen LogP contribution < -0.4 is 5.32 Å². The van der Waals surface area contributed by atoms with Crippen molar-refractivity contribution in [1.29, 1.82) is 0 Å². The van der Waals surface area contributed by atoms with E-state index in [1.807, 2.05) is 0 Å². The van der Waals surface area contributed by atoms with Crippen molar-refractivity contribution >= 4 is 38.4 Å². The third-order valence-corrected chi connectivity index (χ3v) is 6.54. The molecule has 2 aromatic carbocycles. The van der Waals surface area contributed by atoms with Crippen LogP contribution >= 0.6 is 11.8 Å². The molecule has 2 aromatic rings. The highest BCUT2D eigenvalue weighted by atomic mass is 32.2. The third kappa shape index (κ3) is 5.82. The maximum Gasteiger partial charge on any atom is 0.286 e. The Hall–Kier alpha value is -2.36.